The van der Waals surface area contributed by atoms with Gasteiger partial charge in [-0.3, -0.25) is 9.59 Å². The third-order valence-electron chi connectivity index (χ3n) is 6.10. The largest absolute Gasteiger partial charge is 0.339 e. The highest BCUT2D eigenvalue weighted by molar-refractivity contribution is 5.85. The Morgan fingerprint density at radius 3 is 2.11 bits per heavy atom. The molecule has 5 nitrogen and oxygen atoms in total. The molecule has 1 heterocycles. The van der Waals surface area contributed by atoms with E-state index >= 15 is 0 Å². The standard InChI is InChI=1S/C22H33N3O2.ClH/c23-20(19-9-5-2-6-10-19)17-22(27)25-15-13-24(14-16-25)21(26)12-11-18-7-3-1-4-8-18;/h2,5-6,9-10,18,20H,1,3-4,7-8,11-17,23H2;1H. The molecule has 1 unspecified atom stereocenters. The zero-order chi connectivity index (χ0) is 19.1. The topological polar surface area (TPSA) is 66.6 Å². The van der Waals surface area contributed by atoms with E-state index in [-0.39, 0.29) is 30.3 Å². The van der Waals surface area contributed by atoms with Crippen molar-refractivity contribution < 1.29 is 9.59 Å². The maximum atomic E-state index is 12.5. The second kappa shape index (κ2) is 11.4. The summed E-state index contributed by atoms with van der Waals surface area (Å²) in [6.45, 7) is 2.54. The van der Waals surface area contributed by atoms with Gasteiger partial charge in [0.2, 0.25) is 11.8 Å². The van der Waals surface area contributed by atoms with Crippen LogP contribution in [0.5, 0.6) is 0 Å². The minimum atomic E-state index is -0.270. The fourth-order valence-electron chi connectivity index (χ4n) is 4.30. The highest BCUT2D eigenvalue weighted by Gasteiger charge is 2.25. The summed E-state index contributed by atoms with van der Waals surface area (Å²) in [6.07, 6.45) is 8.60. The SMILES string of the molecule is Cl.NC(CC(=O)N1CCN(C(=O)CCC2CCCCC2)CC1)c1ccccc1. The summed E-state index contributed by atoms with van der Waals surface area (Å²) >= 11 is 0. The van der Waals surface area contributed by atoms with Crippen molar-refractivity contribution >= 4 is 24.2 Å². The minimum absolute atomic E-state index is 0. The van der Waals surface area contributed by atoms with E-state index in [1.54, 1.807) is 0 Å². The zero-order valence-electron chi connectivity index (χ0n) is 16.7. The zero-order valence-corrected chi connectivity index (χ0v) is 17.5. The summed E-state index contributed by atoms with van der Waals surface area (Å²) in [5, 5.41) is 0. The van der Waals surface area contributed by atoms with Crippen LogP contribution in [-0.4, -0.2) is 47.8 Å². The molecule has 1 saturated heterocycles. The van der Waals surface area contributed by atoms with Gasteiger partial charge in [0.05, 0.1) is 0 Å². The number of halogens is 1. The maximum Gasteiger partial charge on any atom is 0.224 e. The Labute approximate surface area is 175 Å². The first-order valence-corrected chi connectivity index (χ1v) is 10.5. The van der Waals surface area contributed by atoms with E-state index < -0.39 is 0 Å². The molecule has 1 aliphatic carbocycles. The molecule has 2 N–H and O–H groups in total. The lowest BCUT2D eigenvalue weighted by Gasteiger charge is -2.35. The van der Waals surface area contributed by atoms with Gasteiger partial charge in [-0.25, -0.2) is 0 Å². The molecular weight excluding hydrogens is 374 g/mol. The van der Waals surface area contributed by atoms with Gasteiger partial charge in [-0.1, -0.05) is 62.4 Å². The average Bonchev–Trinajstić information content (AvgIpc) is 2.73. The molecule has 2 fully saturated rings. The summed E-state index contributed by atoms with van der Waals surface area (Å²) in [5.41, 5.74) is 7.16. The van der Waals surface area contributed by atoms with Crippen molar-refractivity contribution in [2.75, 3.05) is 26.2 Å². The van der Waals surface area contributed by atoms with Gasteiger partial charge in [0, 0.05) is 45.1 Å². The number of benzene rings is 1. The molecule has 0 bridgehead atoms. The van der Waals surface area contributed by atoms with Crippen LogP contribution in [0, 0.1) is 5.92 Å². The number of hydrogen-bond acceptors (Lipinski definition) is 3. The van der Waals surface area contributed by atoms with Crippen LogP contribution in [0.15, 0.2) is 30.3 Å². The van der Waals surface area contributed by atoms with Crippen molar-refractivity contribution in [3.8, 4) is 0 Å². The Morgan fingerprint density at radius 1 is 0.929 bits per heavy atom. The van der Waals surface area contributed by atoms with Gasteiger partial charge in [0.1, 0.15) is 0 Å². The van der Waals surface area contributed by atoms with Gasteiger partial charge in [-0.15, -0.1) is 12.4 Å². The van der Waals surface area contributed by atoms with Crippen molar-refractivity contribution in [3.63, 3.8) is 0 Å². The molecule has 2 amide bonds. The Hall–Kier alpha value is -1.59. The summed E-state index contributed by atoms with van der Waals surface area (Å²) < 4.78 is 0. The van der Waals surface area contributed by atoms with Crippen molar-refractivity contribution in [1.82, 2.24) is 9.80 Å². The van der Waals surface area contributed by atoms with E-state index in [9.17, 15) is 9.59 Å². The highest BCUT2D eigenvalue weighted by atomic mass is 35.5. The predicted octanol–water partition coefficient (Wildman–Crippen LogP) is 3.53. The van der Waals surface area contributed by atoms with Crippen LogP contribution in [0.2, 0.25) is 0 Å². The third-order valence-corrected chi connectivity index (χ3v) is 6.10. The Balaban J connectivity index is 0.00000280. The smallest absolute Gasteiger partial charge is 0.224 e. The molecule has 2 aliphatic rings. The fraction of sp³-hybridized carbons (Fsp3) is 0.636. The summed E-state index contributed by atoms with van der Waals surface area (Å²) in [5.74, 6) is 1.08. The monoisotopic (exact) mass is 407 g/mol. The molecule has 1 aliphatic heterocycles. The minimum Gasteiger partial charge on any atom is -0.339 e. The van der Waals surface area contributed by atoms with E-state index in [0.717, 1.165) is 17.9 Å². The van der Waals surface area contributed by atoms with Crippen LogP contribution >= 0.6 is 12.4 Å². The van der Waals surface area contributed by atoms with E-state index in [1.807, 2.05) is 40.1 Å². The Kier molecular flexibility index (Phi) is 9.26. The second-order valence-electron chi connectivity index (χ2n) is 8.03. The van der Waals surface area contributed by atoms with Crippen LogP contribution in [0.4, 0.5) is 0 Å². The molecule has 28 heavy (non-hydrogen) atoms. The first kappa shape index (κ1) is 22.7. The van der Waals surface area contributed by atoms with Gasteiger partial charge in [-0.05, 0) is 17.9 Å². The number of rotatable bonds is 6. The number of hydrogen-bond donors (Lipinski definition) is 1. The number of piperazine rings is 1. The molecule has 1 aromatic carbocycles. The van der Waals surface area contributed by atoms with Crippen LogP contribution < -0.4 is 5.73 Å². The molecule has 6 heteroatoms. The van der Waals surface area contributed by atoms with Crippen molar-refractivity contribution in [1.29, 1.82) is 0 Å². The van der Waals surface area contributed by atoms with Gasteiger partial charge >= 0.3 is 0 Å². The lowest BCUT2D eigenvalue weighted by molar-refractivity contribution is -0.140. The molecule has 0 aromatic heterocycles. The van der Waals surface area contributed by atoms with E-state index in [1.165, 1.54) is 32.1 Å². The lowest BCUT2D eigenvalue weighted by atomic mass is 9.86. The quantitative estimate of drug-likeness (QED) is 0.784. The second-order valence-corrected chi connectivity index (χ2v) is 8.03. The number of nitrogens with zero attached hydrogens (tertiary/aromatic N) is 2. The van der Waals surface area contributed by atoms with Crippen molar-refractivity contribution in [2.24, 2.45) is 11.7 Å². The molecule has 3 rings (SSSR count). The van der Waals surface area contributed by atoms with E-state index in [2.05, 4.69) is 0 Å². The van der Waals surface area contributed by atoms with E-state index in [4.69, 9.17) is 5.73 Å². The normalized spacial score (nSPS) is 19.0. The number of amides is 2. The number of carbonyl (C=O) groups is 2. The van der Waals surface area contributed by atoms with Crippen LogP contribution in [0.3, 0.4) is 0 Å². The van der Waals surface area contributed by atoms with Gasteiger partial charge in [0.25, 0.3) is 0 Å². The van der Waals surface area contributed by atoms with Crippen LogP contribution in [-0.2, 0) is 9.59 Å². The predicted molar refractivity (Wildman–Crippen MR) is 114 cm³/mol. The van der Waals surface area contributed by atoms with Crippen molar-refractivity contribution in [3.05, 3.63) is 35.9 Å². The van der Waals surface area contributed by atoms with Crippen molar-refractivity contribution in [2.45, 2.75) is 57.4 Å². The first-order chi connectivity index (χ1) is 13.1. The molecule has 1 atom stereocenters. The third kappa shape index (κ3) is 6.49. The lowest BCUT2D eigenvalue weighted by Crippen LogP contribution is -2.51. The first-order valence-electron chi connectivity index (χ1n) is 10.5. The Morgan fingerprint density at radius 2 is 1.50 bits per heavy atom. The summed E-state index contributed by atoms with van der Waals surface area (Å²) in [7, 11) is 0. The summed E-state index contributed by atoms with van der Waals surface area (Å²) in [4.78, 5) is 28.8. The number of carbonyl (C=O) groups excluding carboxylic acids is 2. The fourth-order valence-corrected chi connectivity index (χ4v) is 4.30. The van der Waals surface area contributed by atoms with E-state index in [0.29, 0.717) is 39.0 Å². The Bertz CT molecular complexity index is 611. The molecular formula is C22H34ClN3O2. The molecule has 1 saturated carbocycles. The molecule has 156 valence electrons. The molecule has 0 spiro atoms. The van der Waals surface area contributed by atoms with Gasteiger partial charge < -0.3 is 15.5 Å². The van der Waals surface area contributed by atoms with Gasteiger partial charge in [0.15, 0.2) is 0 Å². The summed E-state index contributed by atoms with van der Waals surface area (Å²) in [6, 6.07) is 9.48. The van der Waals surface area contributed by atoms with Crippen LogP contribution in [0.25, 0.3) is 0 Å². The molecule has 1 aromatic rings. The molecule has 0 radical (unpaired) electrons. The highest BCUT2D eigenvalue weighted by Crippen LogP contribution is 2.27. The number of nitrogens with two attached hydrogens (primary N) is 1. The van der Waals surface area contributed by atoms with Gasteiger partial charge in [-0.2, -0.15) is 0 Å². The van der Waals surface area contributed by atoms with Crippen LogP contribution in [0.1, 0.15) is 63.0 Å². The average molecular weight is 408 g/mol. The maximum absolute atomic E-state index is 12.5.